The highest BCUT2D eigenvalue weighted by atomic mass is 32.2. The first kappa shape index (κ1) is 13.7. The minimum absolute atomic E-state index is 0.0141. The standard InChI is InChI=1S/C10H15N3O2S2/c1-7(12-10(11)16)8-3-5-9(6-4-8)13-17(2,14)15/h3-7,13H,1-2H3,(H3,11,12,16)/t7-/m0/s1. The molecular weight excluding hydrogens is 258 g/mol. The van der Waals surface area contributed by atoms with Gasteiger partial charge in [-0.1, -0.05) is 12.1 Å². The lowest BCUT2D eigenvalue weighted by atomic mass is 10.1. The first-order valence-electron chi connectivity index (χ1n) is 4.91. The van der Waals surface area contributed by atoms with Gasteiger partial charge in [0.05, 0.1) is 12.3 Å². The summed E-state index contributed by atoms with van der Waals surface area (Å²) in [5.41, 5.74) is 6.87. The SMILES string of the molecule is C[C@H](NC(N)=S)c1ccc(NS(C)(=O)=O)cc1. The van der Waals surface area contributed by atoms with Crippen molar-refractivity contribution < 1.29 is 8.42 Å². The van der Waals surface area contributed by atoms with Crippen LogP contribution in [0.25, 0.3) is 0 Å². The molecule has 0 aromatic heterocycles. The first-order valence-corrected chi connectivity index (χ1v) is 7.21. The summed E-state index contributed by atoms with van der Waals surface area (Å²) in [5.74, 6) is 0. The van der Waals surface area contributed by atoms with Gasteiger partial charge in [-0.3, -0.25) is 4.72 Å². The molecule has 1 aromatic carbocycles. The molecule has 4 N–H and O–H groups in total. The highest BCUT2D eigenvalue weighted by Crippen LogP contribution is 2.16. The summed E-state index contributed by atoms with van der Waals surface area (Å²) in [4.78, 5) is 0. The van der Waals surface area contributed by atoms with Crippen LogP contribution in [-0.2, 0) is 10.0 Å². The third-order valence-electron chi connectivity index (χ3n) is 2.07. The summed E-state index contributed by atoms with van der Waals surface area (Å²) in [6.07, 6.45) is 1.11. The number of hydrogen-bond acceptors (Lipinski definition) is 3. The molecule has 1 atom stereocenters. The molecule has 0 radical (unpaired) electrons. The van der Waals surface area contributed by atoms with Crippen LogP contribution in [0.2, 0.25) is 0 Å². The maximum Gasteiger partial charge on any atom is 0.229 e. The Morgan fingerprint density at radius 1 is 1.35 bits per heavy atom. The second-order valence-corrected chi connectivity index (χ2v) is 5.91. The molecule has 0 aliphatic carbocycles. The average Bonchev–Trinajstić information content (AvgIpc) is 2.15. The van der Waals surface area contributed by atoms with Gasteiger partial charge in [-0.2, -0.15) is 0 Å². The highest BCUT2D eigenvalue weighted by molar-refractivity contribution is 7.92. The molecule has 7 heteroatoms. The van der Waals surface area contributed by atoms with Gasteiger partial charge in [-0.25, -0.2) is 8.42 Å². The minimum Gasteiger partial charge on any atom is -0.376 e. The van der Waals surface area contributed by atoms with Crippen molar-refractivity contribution in [2.45, 2.75) is 13.0 Å². The summed E-state index contributed by atoms with van der Waals surface area (Å²) >= 11 is 4.74. The van der Waals surface area contributed by atoms with Gasteiger partial charge in [-0.15, -0.1) is 0 Å². The van der Waals surface area contributed by atoms with Crippen molar-refractivity contribution in [3.8, 4) is 0 Å². The Labute approximate surface area is 106 Å². The average molecular weight is 273 g/mol. The number of hydrogen-bond donors (Lipinski definition) is 3. The van der Waals surface area contributed by atoms with Crippen molar-refractivity contribution in [1.29, 1.82) is 0 Å². The number of nitrogens with two attached hydrogens (primary N) is 1. The number of thiocarbonyl (C=S) groups is 1. The van der Waals surface area contributed by atoms with E-state index in [2.05, 4.69) is 10.0 Å². The molecule has 0 unspecified atom stereocenters. The number of sulfonamides is 1. The molecule has 0 saturated carbocycles. The molecule has 5 nitrogen and oxygen atoms in total. The summed E-state index contributed by atoms with van der Waals surface area (Å²) in [6.45, 7) is 1.91. The van der Waals surface area contributed by atoms with Crippen molar-refractivity contribution in [1.82, 2.24) is 5.32 Å². The molecule has 0 fully saturated rings. The quantitative estimate of drug-likeness (QED) is 0.711. The molecule has 17 heavy (non-hydrogen) atoms. The molecule has 0 aliphatic rings. The normalized spacial score (nSPS) is 12.8. The maximum atomic E-state index is 11.0. The van der Waals surface area contributed by atoms with Gasteiger partial charge >= 0.3 is 0 Å². The minimum atomic E-state index is -3.24. The smallest absolute Gasteiger partial charge is 0.229 e. The summed E-state index contributed by atoms with van der Waals surface area (Å²) in [7, 11) is -3.24. The maximum absolute atomic E-state index is 11.0. The van der Waals surface area contributed by atoms with E-state index < -0.39 is 10.0 Å². The van der Waals surface area contributed by atoms with E-state index in [1.807, 2.05) is 19.1 Å². The Balaban J connectivity index is 2.77. The van der Waals surface area contributed by atoms with Crippen LogP contribution in [0.3, 0.4) is 0 Å². The van der Waals surface area contributed by atoms with Gasteiger partial charge in [0.2, 0.25) is 10.0 Å². The van der Waals surface area contributed by atoms with E-state index >= 15 is 0 Å². The van der Waals surface area contributed by atoms with Crippen molar-refractivity contribution in [3.05, 3.63) is 29.8 Å². The second kappa shape index (κ2) is 5.33. The fourth-order valence-corrected chi connectivity index (χ4v) is 2.09. The first-order chi connectivity index (χ1) is 7.78. The lowest BCUT2D eigenvalue weighted by molar-refractivity contribution is 0.607. The molecule has 0 spiro atoms. The fourth-order valence-electron chi connectivity index (χ4n) is 1.35. The Morgan fingerprint density at radius 2 is 1.88 bits per heavy atom. The van der Waals surface area contributed by atoms with E-state index in [0.717, 1.165) is 11.8 Å². The largest absolute Gasteiger partial charge is 0.376 e. The summed E-state index contributed by atoms with van der Waals surface area (Å²) in [6, 6.07) is 6.98. The molecule has 0 heterocycles. The second-order valence-electron chi connectivity index (χ2n) is 3.73. The van der Waals surface area contributed by atoms with Crippen LogP contribution >= 0.6 is 12.2 Å². The van der Waals surface area contributed by atoms with Crippen LogP contribution < -0.4 is 15.8 Å². The van der Waals surface area contributed by atoms with Crippen LogP contribution in [-0.4, -0.2) is 19.8 Å². The van der Waals surface area contributed by atoms with Crippen molar-refractivity contribution >= 4 is 33.0 Å². The summed E-state index contributed by atoms with van der Waals surface area (Å²) < 4.78 is 24.4. The zero-order valence-electron chi connectivity index (χ0n) is 9.60. The molecular formula is C10H15N3O2S2. The van der Waals surface area contributed by atoms with Gasteiger partial charge < -0.3 is 11.1 Å². The van der Waals surface area contributed by atoms with Gasteiger partial charge in [0, 0.05) is 5.69 Å². The molecule has 1 rings (SSSR count). The van der Waals surface area contributed by atoms with Gasteiger partial charge in [-0.05, 0) is 36.8 Å². The third-order valence-corrected chi connectivity index (χ3v) is 2.80. The highest BCUT2D eigenvalue weighted by Gasteiger charge is 2.06. The van der Waals surface area contributed by atoms with E-state index in [0.29, 0.717) is 5.69 Å². The van der Waals surface area contributed by atoms with Gasteiger partial charge in [0.1, 0.15) is 0 Å². The van der Waals surface area contributed by atoms with E-state index in [4.69, 9.17) is 18.0 Å². The monoisotopic (exact) mass is 273 g/mol. The molecule has 94 valence electrons. The Morgan fingerprint density at radius 3 is 2.29 bits per heavy atom. The van der Waals surface area contributed by atoms with E-state index in [1.54, 1.807) is 12.1 Å². The lowest BCUT2D eigenvalue weighted by Crippen LogP contribution is -2.31. The fraction of sp³-hybridized carbons (Fsp3) is 0.300. The molecule has 0 aliphatic heterocycles. The predicted molar refractivity (Wildman–Crippen MR) is 73.2 cm³/mol. The molecule has 0 saturated heterocycles. The van der Waals surface area contributed by atoms with Crippen molar-refractivity contribution in [2.24, 2.45) is 5.73 Å². The van der Waals surface area contributed by atoms with Crippen LogP contribution in [0.4, 0.5) is 5.69 Å². The van der Waals surface area contributed by atoms with Crippen molar-refractivity contribution in [2.75, 3.05) is 11.0 Å². The lowest BCUT2D eigenvalue weighted by Gasteiger charge is -2.14. The molecule has 0 bridgehead atoms. The number of nitrogens with one attached hydrogen (secondary N) is 2. The van der Waals surface area contributed by atoms with Gasteiger partial charge in [0.25, 0.3) is 0 Å². The Bertz CT molecular complexity index is 497. The van der Waals surface area contributed by atoms with Crippen LogP contribution in [0.5, 0.6) is 0 Å². The van der Waals surface area contributed by atoms with Crippen molar-refractivity contribution in [3.63, 3.8) is 0 Å². The Kier molecular flexibility index (Phi) is 4.30. The van der Waals surface area contributed by atoms with E-state index in [1.165, 1.54) is 0 Å². The molecule has 1 aromatic rings. The van der Waals surface area contributed by atoms with Gasteiger partial charge in [0.15, 0.2) is 5.11 Å². The number of benzene rings is 1. The topological polar surface area (TPSA) is 84.2 Å². The molecule has 0 amide bonds. The summed E-state index contributed by atoms with van der Waals surface area (Å²) in [5, 5.41) is 3.13. The number of anilines is 1. The van der Waals surface area contributed by atoms with Crippen LogP contribution in [0.15, 0.2) is 24.3 Å². The van der Waals surface area contributed by atoms with E-state index in [-0.39, 0.29) is 11.2 Å². The van der Waals surface area contributed by atoms with Crippen LogP contribution in [0, 0.1) is 0 Å². The zero-order chi connectivity index (χ0) is 13.1. The third kappa shape index (κ3) is 5.01. The Hall–Kier alpha value is -1.34. The predicted octanol–water partition coefficient (Wildman–Crippen LogP) is 0.952. The van der Waals surface area contributed by atoms with Crippen LogP contribution in [0.1, 0.15) is 18.5 Å². The zero-order valence-corrected chi connectivity index (χ0v) is 11.2. The number of rotatable bonds is 4. The van der Waals surface area contributed by atoms with E-state index in [9.17, 15) is 8.42 Å².